The van der Waals surface area contributed by atoms with Crippen molar-refractivity contribution < 1.29 is 9.59 Å². The fraction of sp³-hybridized carbons (Fsp3) is 0.429. The Morgan fingerprint density at radius 2 is 2.11 bits per heavy atom. The Bertz CT molecular complexity index is 485. The number of benzene rings is 1. The minimum absolute atomic E-state index is 0.0985. The largest absolute Gasteiger partial charge is 0.382 e. The van der Waals surface area contributed by atoms with Crippen molar-refractivity contribution in [2.24, 2.45) is 0 Å². The molecule has 2 amide bonds. The summed E-state index contributed by atoms with van der Waals surface area (Å²) in [7, 11) is 0. The molecule has 1 aromatic carbocycles. The van der Waals surface area contributed by atoms with E-state index in [4.69, 9.17) is 0 Å². The Balaban J connectivity index is 2.20. The zero-order valence-corrected chi connectivity index (χ0v) is 11.3. The van der Waals surface area contributed by atoms with Crippen molar-refractivity contribution in [3.63, 3.8) is 0 Å². The van der Waals surface area contributed by atoms with Crippen LogP contribution in [0.25, 0.3) is 0 Å². The molecule has 1 aliphatic heterocycles. The van der Waals surface area contributed by atoms with Gasteiger partial charge in [0, 0.05) is 24.8 Å². The molecule has 1 aromatic rings. The predicted octanol–water partition coefficient (Wildman–Crippen LogP) is 1.08. The number of nitrogens with zero attached hydrogens (tertiary/aromatic N) is 1. The highest BCUT2D eigenvalue weighted by atomic mass is 16.2. The quantitative estimate of drug-likeness (QED) is 0.856. The summed E-state index contributed by atoms with van der Waals surface area (Å²) in [5.74, 6) is -0.201. The van der Waals surface area contributed by atoms with Gasteiger partial charge in [0.2, 0.25) is 5.91 Å². The van der Waals surface area contributed by atoms with Crippen LogP contribution in [0, 0.1) is 0 Å². The normalized spacial score (nSPS) is 15.3. The molecule has 0 bridgehead atoms. The van der Waals surface area contributed by atoms with Crippen LogP contribution >= 0.6 is 0 Å². The van der Waals surface area contributed by atoms with Crippen LogP contribution < -0.4 is 10.6 Å². The first-order chi connectivity index (χ1) is 9.08. The third kappa shape index (κ3) is 3.24. The SMILES string of the molecule is CC(C)Nc1ccccc1C(=O)N1CCNC(=O)C1. The van der Waals surface area contributed by atoms with Gasteiger partial charge < -0.3 is 15.5 Å². The van der Waals surface area contributed by atoms with Gasteiger partial charge in [-0.3, -0.25) is 9.59 Å². The number of nitrogens with one attached hydrogen (secondary N) is 2. The van der Waals surface area contributed by atoms with Crippen LogP contribution in [0.15, 0.2) is 24.3 Å². The molecule has 0 radical (unpaired) electrons. The van der Waals surface area contributed by atoms with Crippen molar-refractivity contribution in [3.8, 4) is 0 Å². The van der Waals surface area contributed by atoms with Gasteiger partial charge in [-0.25, -0.2) is 0 Å². The van der Waals surface area contributed by atoms with E-state index >= 15 is 0 Å². The Morgan fingerprint density at radius 1 is 1.37 bits per heavy atom. The average Bonchev–Trinajstić information content (AvgIpc) is 2.38. The zero-order valence-electron chi connectivity index (χ0n) is 11.3. The molecule has 0 unspecified atom stereocenters. The van der Waals surface area contributed by atoms with E-state index in [-0.39, 0.29) is 24.4 Å². The van der Waals surface area contributed by atoms with Gasteiger partial charge in [0.15, 0.2) is 0 Å². The highest BCUT2D eigenvalue weighted by molar-refractivity contribution is 6.01. The lowest BCUT2D eigenvalue weighted by atomic mass is 10.1. The molecule has 1 saturated heterocycles. The molecule has 5 heteroatoms. The highest BCUT2D eigenvalue weighted by Gasteiger charge is 2.23. The zero-order chi connectivity index (χ0) is 13.8. The van der Waals surface area contributed by atoms with Crippen LogP contribution in [-0.2, 0) is 4.79 Å². The standard InChI is InChI=1S/C14H19N3O2/c1-10(2)16-12-6-4-3-5-11(12)14(19)17-8-7-15-13(18)9-17/h3-6,10,16H,7-9H2,1-2H3,(H,15,18). The predicted molar refractivity (Wildman–Crippen MR) is 74.1 cm³/mol. The van der Waals surface area contributed by atoms with E-state index in [1.54, 1.807) is 11.0 Å². The molecule has 2 N–H and O–H groups in total. The molecule has 102 valence electrons. The highest BCUT2D eigenvalue weighted by Crippen LogP contribution is 2.18. The third-order valence-corrected chi connectivity index (χ3v) is 2.93. The number of hydrogen-bond acceptors (Lipinski definition) is 3. The summed E-state index contributed by atoms with van der Waals surface area (Å²) in [6, 6.07) is 7.66. The topological polar surface area (TPSA) is 61.4 Å². The maximum Gasteiger partial charge on any atom is 0.256 e. The first-order valence-electron chi connectivity index (χ1n) is 6.49. The summed E-state index contributed by atoms with van der Waals surface area (Å²) in [5, 5.41) is 5.97. The fourth-order valence-electron chi connectivity index (χ4n) is 2.09. The van der Waals surface area contributed by atoms with E-state index in [1.165, 1.54) is 0 Å². The lowest BCUT2D eigenvalue weighted by molar-refractivity contribution is -0.123. The number of anilines is 1. The molecule has 0 aromatic heterocycles. The van der Waals surface area contributed by atoms with Gasteiger partial charge in [-0.1, -0.05) is 12.1 Å². The second-order valence-corrected chi connectivity index (χ2v) is 4.92. The molecule has 2 rings (SSSR count). The number of para-hydroxylation sites is 1. The number of piperazine rings is 1. The summed E-state index contributed by atoms with van der Waals surface area (Å²) in [5.41, 5.74) is 1.43. The summed E-state index contributed by atoms with van der Waals surface area (Å²) < 4.78 is 0. The van der Waals surface area contributed by atoms with Crippen molar-refractivity contribution in [1.82, 2.24) is 10.2 Å². The summed E-state index contributed by atoms with van der Waals surface area (Å²) >= 11 is 0. The van der Waals surface area contributed by atoms with E-state index in [0.717, 1.165) is 5.69 Å². The van der Waals surface area contributed by atoms with Crippen molar-refractivity contribution in [3.05, 3.63) is 29.8 Å². The van der Waals surface area contributed by atoms with Crippen LogP contribution in [-0.4, -0.2) is 42.4 Å². The monoisotopic (exact) mass is 261 g/mol. The summed E-state index contributed by atoms with van der Waals surface area (Å²) in [6.07, 6.45) is 0. The van der Waals surface area contributed by atoms with E-state index in [1.807, 2.05) is 32.0 Å². The second-order valence-electron chi connectivity index (χ2n) is 4.92. The molecular formula is C14H19N3O2. The molecule has 0 atom stereocenters. The number of carbonyl (C=O) groups is 2. The lowest BCUT2D eigenvalue weighted by Gasteiger charge is -2.27. The number of rotatable bonds is 3. The minimum Gasteiger partial charge on any atom is -0.382 e. The van der Waals surface area contributed by atoms with Gasteiger partial charge in [0.05, 0.1) is 12.1 Å². The number of hydrogen-bond donors (Lipinski definition) is 2. The molecule has 0 aliphatic carbocycles. The van der Waals surface area contributed by atoms with Crippen LogP contribution in [0.4, 0.5) is 5.69 Å². The molecule has 0 spiro atoms. The smallest absolute Gasteiger partial charge is 0.256 e. The molecule has 19 heavy (non-hydrogen) atoms. The molecule has 1 fully saturated rings. The van der Waals surface area contributed by atoms with Crippen molar-refractivity contribution in [1.29, 1.82) is 0 Å². The number of amides is 2. The molecular weight excluding hydrogens is 242 g/mol. The van der Waals surface area contributed by atoms with Gasteiger partial charge in [-0.2, -0.15) is 0 Å². The maximum atomic E-state index is 12.5. The van der Waals surface area contributed by atoms with Gasteiger partial charge in [-0.05, 0) is 26.0 Å². The lowest BCUT2D eigenvalue weighted by Crippen LogP contribution is -2.50. The number of carbonyl (C=O) groups excluding carboxylic acids is 2. The minimum atomic E-state index is -0.103. The van der Waals surface area contributed by atoms with Crippen molar-refractivity contribution in [2.45, 2.75) is 19.9 Å². The van der Waals surface area contributed by atoms with Crippen LogP contribution in [0.1, 0.15) is 24.2 Å². The van der Waals surface area contributed by atoms with Gasteiger partial charge >= 0.3 is 0 Å². The Hall–Kier alpha value is -2.04. The van der Waals surface area contributed by atoms with E-state index in [2.05, 4.69) is 10.6 Å². The third-order valence-electron chi connectivity index (χ3n) is 2.93. The molecule has 5 nitrogen and oxygen atoms in total. The molecule has 0 saturated carbocycles. The van der Waals surface area contributed by atoms with Gasteiger partial charge in [0.1, 0.15) is 0 Å². The Labute approximate surface area is 113 Å². The summed E-state index contributed by atoms with van der Waals surface area (Å²) in [4.78, 5) is 25.4. The Kier molecular flexibility index (Phi) is 4.04. The van der Waals surface area contributed by atoms with Crippen LogP contribution in [0.3, 0.4) is 0 Å². The molecule has 1 aliphatic rings. The van der Waals surface area contributed by atoms with Crippen LogP contribution in [0.5, 0.6) is 0 Å². The van der Waals surface area contributed by atoms with Crippen molar-refractivity contribution >= 4 is 17.5 Å². The van der Waals surface area contributed by atoms with Crippen LogP contribution in [0.2, 0.25) is 0 Å². The second kappa shape index (κ2) is 5.73. The van der Waals surface area contributed by atoms with E-state index < -0.39 is 0 Å². The molecule has 1 heterocycles. The first-order valence-corrected chi connectivity index (χ1v) is 6.49. The first kappa shape index (κ1) is 13.4. The van der Waals surface area contributed by atoms with E-state index in [9.17, 15) is 9.59 Å². The van der Waals surface area contributed by atoms with Gasteiger partial charge in [-0.15, -0.1) is 0 Å². The van der Waals surface area contributed by atoms with E-state index in [0.29, 0.717) is 18.7 Å². The maximum absolute atomic E-state index is 12.5. The van der Waals surface area contributed by atoms with Gasteiger partial charge in [0.25, 0.3) is 5.91 Å². The summed E-state index contributed by atoms with van der Waals surface area (Å²) in [6.45, 7) is 5.25. The Morgan fingerprint density at radius 3 is 2.79 bits per heavy atom. The van der Waals surface area contributed by atoms with Crippen molar-refractivity contribution in [2.75, 3.05) is 25.0 Å². The average molecular weight is 261 g/mol. The fourth-order valence-corrected chi connectivity index (χ4v) is 2.09.